The lowest BCUT2D eigenvalue weighted by molar-refractivity contribution is -0.157. The van der Waals surface area contributed by atoms with E-state index in [9.17, 15) is 53.1 Å². The van der Waals surface area contributed by atoms with E-state index < -0.39 is 156 Å². The minimum atomic E-state index is -1.67. The van der Waals surface area contributed by atoms with Gasteiger partial charge in [0.25, 0.3) is 0 Å². The maximum absolute atomic E-state index is 15.2. The second kappa shape index (κ2) is 35.7. The van der Waals surface area contributed by atoms with Gasteiger partial charge in [-0.2, -0.15) is 0 Å². The summed E-state index contributed by atoms with van der Waals surface area (Å²) in [6, 6.07) is -12.6. The molecule has 5 N–H and O–H groups in total. The van der Waals surface area contributed by atoms with Crippen LogP contribution >= 0.6 is 0 Å². The van der Waals surface area contributed by atoms with Gasteiger partial charge in [-0.3, -0.25) is 52.7 Å². The third-order valence-corrected chi connectivity index (χ3v) is 16.5. The summed E-state index contributed by atoms with van der Waals surface area (Å²) in [5, 5.41) is 23.1. The smallest absolute Gasteiger partial charge is 0.246 e. The van der Waals surface area contributed by atoms with Crippen LogP contribution in [0.1, 0.15) is 169 Å². The summed E-state index contributed by atoms with van der Waals surface area (Å²) in [6.07, 6.45) is -0.173. The Morgan fingerprint density at radius 2 is 0.885 bits per heavy atom. The molecule has 11 amide bonds. The maximum atomic E-state index is 15.2. The molecule has 24 nitrogen and oxygen atoms in total. The van der Waals surface area contributed by atoms with Crippen LogP contribution < -0.4 is 21.3 Å². The molecule has 0 aliphatic carbocycles. The molecule has 0 aromatic rings. The molecule has 1 fully saturated rings. The molecule has 0 radical (unpaired) electrons. The van der Waals surface area contributed by atoms with Crippen LogP contribution in [0.3, 0.4) is 0 Å². The van der Waals surface area contributed by atoms with Crippen molar-refractivity contribution >= 4 is 70.8 Å². The summed E-state index contributed by atoms with van der Waals surface area (Å²) in [5.41, 5.74) is 0. The Kier molecular flexibility index (Phi) is 32.3. The van der Waals surface area contributed by atoms with Gasteiger partial charge in [-0.15, -0.1) is 0 Å². The summed E-state index contributed by atoms with van der Waals surface area (Å²) >= 11 is 0. The second-order valence-electron chi connectivity index (χ2n) is 26.9. The van der Waals surface area contributed by atoms with E-state index in [2.05, 4.69) is 21.3 Å². The van der Waals surface area contributed by atoms with Crippen molar-refractivity contribution in [1.29, 1.82) is 0 Å². The van der Waals surface area contributed by atoms with Crippen molar-refractivity contribution in [3.05, 3.63) is 0 Å². The molecule has 1 unspecified atom stereocenters. The summed E-state index contributed by atoms with van der Waals surface area (Å²) in [5.74, 6) is -10.2. The molecule has 1 aliphatic heterocycles. The highest BCUT2D eigenvalue weighted by Crippen LogP contribution is 2.26. The first-order valence-corrected chi connectivity index (χ1v) is 31.3. The van der Waals surface area contributed by atoms with E-state index in [0.717, 1.165) is 9.80 Å². The zero-order chi connectivity index (χ0) is 67.6. The number of hydrogen-bond acceptors (Lipinski definition) is 13. The first-order chi connectivity index (χ1) is 40.1. The molecule has 87 heavy (non-hydrogen) atoms. The number of carbonyl (C=O) groups excluding carboxylic acids is 12. The summed E-state index contributed by atoms with van der Waals surface area (Å²) < 4.78 is 0. The Balaban J connectivity index is 4.34. The van der Waals surface area contributed by atoms with Crippen LogP contribution in [0.5, 0.6) is 0 Å². The predicted octanol–water partition coefficient (Wildman–Crippen LogP) is 3.06. The number of Topliss-reactive ketones (excluding diaryl/α,β-unsaturated/α-hetero) is 1. The number of nitrogens with zero attached hydrogens (tertiary/aromatic N) is 7. The van der Waals surface area contributed by atoms with Gasteiger partial charge in [0.2, 0.25) is 65.0 Å². The SMILES string of the molecule is CC[C@@H]1NC(=O)C([C@H](O)[C@H](C)CCCC(C)=O)N(C)C(=O)[C@H](C(C)C)N(C)C(=O)[C@H](CC(C)C)N(C)C(=O)[C@H](CC(C)C)N(C)C(=O)[C@H](C)NC(=O)[C@H](C)NC(=O)[C@H](CC(C)C)N(C)C(=O)[C@H](C(C)C)NC(=O)[C@H](CC(C)C)N(C)C(=O)CN(C)C1=O. The van der Waals surface area contributed by atoms with Crippen LogP contribution in [0, 0.1) is 41.4 Å². The number of likely N-dealkylation sites (N-methyl/N-ethyl adjacent to an activating group) is 7. The number of hydrogen-bond donors (Lipinski definition) is 5. The lowest BCUT2D eigenvalue weighted by Gasteiger charge is -2.41. The van der Waals surface area contributed by atoms with Crippen molar-refractivity contribution in [2.24, 2.45) is 41.4 Å². The van der Waals surface area contributed by atoms with Gasteiger partial charge >= 0.3 is 0 Å². The van der Waals surface area contributed by atoms with E-state index in [1.165, 1.54) is 94.6 Å². The maximum Gasteiger partial charge on any atom is 0.246 e. The molecule has 1 saturated heterocycles. The van der Waals surface area contributed by atoms with Gasteiger partial charge in [-0.1, -0.05) is 96.9 Å². The Labute approximate surface area is 520 Å². The predicted molar refractivity (Wildman–Crippen MR) is 334 cm³/mol. The zero-order valence-corrected chi connectivity index (χ0v) is 57.2. The average Bonchev–Trinajstić information content (AvgIpc) is 1.19. The van der Waals surface area contributed by atoms with E-state index in [0.29, 0.717) is 6.42 Å². The van der Waals surface area contributed by atoms with Crippen LogP contribution in [-0.4, -0.2) is 233 Å². The van der Waals surface area contributed by atoms with Gasteiger partial charge < -0.3 is 65.5 Å². The quantitative estimate of drug-likeness (QED) is 0.140. The molecular weight excluding hydrogens is 1120 g/mol. The molecule has 0 aromatic carbocycles. The minimum Gasteiger partial charge on any atom is -0.390 e. The number of aliphatic hydroxyl groups is 1. The van der Waals surface area contributed by atoms with Crippen molar-refractivity contribution in [2.45, 2.75) is 236 Å². The summed E-state index contributed by atoms with van der Waals surface area (Å²) in [6.45, 7) is 28.8. The number of rotatable bonds is 17. The second-order valence-corrected chi connectivity index (χ2v) is 26.9. The topological polar surface area (TPSA) is 296 Å². The third kappa shape index (κ3) is 22.7. The van der Waals surface area contributed by atoms with Crippen molar-refractivity contribution in [3.8, 4) is 0 Å². The molecule has 12 atom stereocenters. The lowest BCUT2D eigenvalue weighted by atomic mass is 9.90. The normalized spacial score (nSPS) is 26.4. The third-order valence-electron chi connectivity index (χ3n) is 16.5. The largest absolute Gasteiger partial charge is 0.390 e. The van der Waals surface area contributed by atoms with E-state index >= 15 is 9.59 Å². The minimum absolute atomic E-state index is 0.00487. The van der Waals surface area contributed by atoms with Crippen LogP contribution in [0.25, 0.3) is 0 Å². The van der Waals surface area contributed by atoms with Crippen LogP contribution in [-0.2, 0) is 57.5 Å². The average molecular weight is 1230 g/mol. The van der Waals surface area contributed by atoms with Crippen molar-refractivity contribution < 1.29 is 62.6 Å². The number of nitrogens with one attached hydrogen (secondary N) is 4. The Morgan fingerprint density at radius 1 is 0.471 bits per heavy atom. The first-order valence-electron chi connectivity index (χ1n) is 31.3. The van der Waals surface area contributed by atoms with Gasteiger partial charge in [0.05, 0.1) is 12.6 Å². The monoisotopic (exact) mass is 1230 g/mol. The van der Waals surface area contributed by atoms with Gasteiger partial charge in [-0.05, 0) is 107 Å². The molecule has 1 aliphatic rings. The number of amides is 11. The van der Waals surface area contributed by atoms with Gasteiger partial charge in [0.15, 0.2) is 0 Å². The molecule has 0 aromatic heterocycles. The molecule has 498 valence electrons. The van der Waals surface area contributed by atoms with Crippen molar-refractivity contribution in [2.75, 3.05) is 55.9 Å². The fourth-order valence-electron chi connectivity index (χ4n) is 11.0. The van der Waals surface area contributed by atoms with E-state index in [4.69, 9.17) is 0 Å². The molecule has 0 spiro atoms. The summed E-state index contributed by atoms with van der Waals surface area (Å²) in [4.78, 5) is 181. The van der Waals surface area contributed by atoms with Gasteiger partial charge in [-0.25, -0.2) is 0 Å². The molecule has 1 heterocycles. The van der Waals surface area contributed by atoms with Crippen LogP contribution in [0.2, 0.25) is 0 Å². The van der Waals surface area contributed by atoms with Crippen molar-refractivity contribution in [1.82, 2.24) is 55.6 Å². The summed E-state index contributed by atoms with van der Waals surface area (Å²) in [7, 11) is 9.81. The Bertz CT molecular complexity index is 2380. The molecule has 24 heteroatoms. The van der Waals surface area contributed by atoms with Crippen LogP contribution in [0.15, 0.2) is 0 Å². The standard InChI is InChI=1S/C63H113N11O13/c1-25-44-59(83)68(18)33-49(76)69(19)45(29-34(2)3)56(80)67-50(38(10)11)62(86)70(20)46(30-35(4)5)55(79)64-42(16)54(78)65-43(17)58(82)71(21)47(31-36(6)7)60(84)72(22)48(32-37(8)9)61(85)73(23)51(39(12)13)63(87)74(24)52(57(81)66-44)53(77)40(14)27-26-28-41(15)75/h34-40,42-48,50-53,77H,25-33H2,1-24H3,(H,64,79)(H,65,78)(H,66,81)(H,67,80)/t40-,42+,43+,44+,45+,46+,47+,48+,50+,51+,52?,53-/m1/s1. The van der Waals surface area contributed by atoms with E-state index in [1.54, 1.807) is 41.5 Å². The number of aliphatic hydroxyl groups excluding tert-OH is 1. The van der Waals surface area contributed by atoms with Crippen molar-refractivity contribution in [3.63, 3.8) is 0 Å². The zero-order valence-electron chi connectivity index (χ0n) is 57.2. The van der Waals surface area contributed by atoms with Crippen LogP contribution in [0.4, 0.5) is 0 Å². The highest BCUT2D eigenvalue weighted by atomic mass is 16.3. The van der Waals surface area contributed by atoms with Gasteiger partial charge in [0, 0.05) is 55.8 Å². The number of ketones is 1. The Hall–Kier alpha value is -6.20. The van der Waals surface area contributed by atoms with E-state index in [1.807, 2.05) is 55.4 Å². The number of carbonyl (C=O) groups is 12. The highest BCUT2D eigenvalue weighted by molar-refractivity contribution is 5.99. The highest BCUT2D eigenvalue weighted by Gasteiger charge is 2.46. The molecule has 0 saturated carbocycles. The molecular formula is C63H113N11O13. The lowest BCUT2D eigenvalue weighted by Crippen LogP contribution is -2.63. The first kappa shape index (κ1) is 78.8. The molecule has 0 bridgehead atoms. The van der Waals surface area contributed by atoms with E-state index in [-0.39, 0.29) is 74.4 Å². The molecule has 1 rings (SSSR count). The Morgan fingerprint density at radius 3 is 1.33 bits per heavy atom. The van der Waals surface area contributed by atoms with Gasteiger partial charge in [0.1, 0.15) is 66.2 Å². The fourth-order valence-corrected chi connectivity index (χ4v) is 11.0. The fraction of sp³-hybridized carbons (Fsp3) is 0.810.